The molecule has 0 saturated heterocycles. The van der Waals surface area contributed by atoms with Gasteiger partial charge in [-0.05, 0) is 42.5 Å². The number of carbonyl (C=O) groups is 1. The number of nitrogens with zero attached hydrogens (tertiary/aromatic N) is 2. The minimum Gasteiger partial charge on any atom is -0.506 e. The third-order valence-electron chi connectivity index (χ3n) is 5.70. The van der Waals surface area contributed by atoms with Gasteiger partial charge in [0, 0.05) is 34.0 Å². The number of sulfone groups is 2. The van der Waals surface area contributed by atoms with Gasteiger partial charge < -0.3 is 5.11 Å². The van der Waals surface area contributed by atoms with Gasteiger partial charge in [0.1, 0.15) is 11.4 Å². The van der Waals surface area contributed by atoms with E-state index >= 15 is 0 Å². The second-order valence-corrected chi connectivity index (χ2v) is 15.3. The summed E-state index contributed by atoms with van der Waals surface area (Å²) in [5.74, 6) is -1.21. The van der Waals surface area contributed by atoms with Crippen LogP contribution in [0.2, 0.25) is 0 Å². The highest BCUT2D eigenvalue weighted by molar-refractivity contribution is 8.13. The van der Waals surface area contributed by atoms with Crippen LogP contribution in [0.1, 0.15) is 10.4 Å². The molecule has 3 N–H and O–H groups in total. The predicted octanol–water partition coefficient (Wildman–Crippen LogP) is 4.45. The molecule has 16 heteroatoms. The van der Waals surface area contributed by atoms with Gasteiger partial charge in [0.15, 0.2) is 19.7 Å². The Balaban J connectivity index is 1.74. The maximum atomic E-state index is 13.0. The van der Waals surface area contributed by atoms with Crippen LogP contribution < -0.4 is 10.9 Å². The van der Waals surface area contributed by atoms with E-state index in [1.54, 1.807) is 18.2 Å². The van der Waals surface area contributed by atoms with E-state index in [0.717, 1.165) is 18.6 Å². The standard InChI is InChI=1S/C25H21ClN4O8S3/c1-39(33,34)16-10-11-21(23(13-16)40(2,35)36)28-29-22-14-20(24(31)19-9-4-3-8-18(19)22)25(32)30-27-15-6-5-7-17(12-15)41(26,37)38/h3-14,27,31H,1-2H3,(H,30,32). The van der Waals surface area contributed by atoms with Gasteiger partial charge in [-0.3, -0.25) is 15.6 Å². The molecule has 0 aromatic heterocycles. The average molecular weight is 637 g/mol. The highest BCUT2D eigenvalue weighted by Crippen LogP contribution is 2.37. The molecule has 0 atom stereocenters. The molecule has 41 heavy (non-hydrogen) atoms. The fourth-order valence-corrected chi connectivity index (χ4v) is 6.08. The zero-order chi connectivity index (χ0) is 30.2. The van der Waals surface area contributed by atoms with Gasteiger partial charge in [0.25, 0.3) is 15.0 Å². The normalized spacial score (nSPS) is 12.5. The number of hydrogen-bond donors (Lipinski definition) is 3. The van der Waals surface area contributed by atoms with Gasteiger partial charge in [-0.15, -0.1) is 10.2 Å². The van der Waals surface area contributed by atoms with Crippen LogP contribution in [-0.4, -0.2) is 48.8 Å². The van der Waals surface area contributed by atoms with Crippen LogP contribution in [0, 0.1) is 0 Å². The number of amides is 1. The molecule has 214 valence electrons. The Bertz CT molecular complexity index is 2060. The fourth-order valence-electron chi connectivity index (χ4n) is 3.73. The zero-order valence-corrected chi connectivity index (χ0v) is 24.4. The summed E-state index contributed by atoms with van der Waals surface area (Å²) in [7, 11) is -6.27. The summed E-state index contributed by atoms with van der Waals surface area (Å²) in [6.07, 6.45) is 1.84. The van der Waals surface area contributed by atoms with Crippen molar-refractivity contribution >= 4 is 73.1 Å². The molecule has 4 aromatic rings. The van der Waals surface area contributed by atoms with Crippen LogP contribution in [0.15, 0.2) is 97.7 Å². The van der Waals surface area contributed by atoms with Crippen LogP contribution in [0.25, 0.3) is 10.8 Å². The fraction of sp³-hybridized carbons (Fsp3) is 0.0800. The summed E-state index contributed by atoms with van der Waals surface area (Å²) in [6, 6.07) is 16.4. The molecule has 1 amide bonds. The number of aromatic hydroxyl groups is 1. The lowest BCUT2D eigenvalue weighted by Gasteiger charge is -2.13. The van der Waals surface area contributed by atoms with Gasteiger partial charge in [-0.25, -0.2) is 25.3 Å². The molecule has 0 spiro atoms. The minimum atomic E-state index is -4.01. The van der Waals surface area contributed by atoms with Crippen molar-refractivity contribution < 1.29 is 35.2 Å². The van der Waals surface area contributed by atoms with E-state index in [9.17, 15) is 35.2 Å². The number of rotatable bonds is 8. The molecular weight excluding hydrogens is 616 g/mol. The number of benzene rings is 4. The maximum absolute atomic E-state index is 13.0. The quantitative estimate of drug-likeness (QED) is 0.142. The SMILES string of the molecule is CS(=O)(=O)c1ccc(N=Nc2cc(C(=O)NNc3cccc(S(=O)(=O)Cl)c3)c(O)c3ccccc23)c(S(C)(=O)=O)c1. The minimum absolute atomic E-state index is 0.0884. The summed E-state index contributed by atoms with van der Waals surface area (Å²) in [6.45, 7) is 0. The van der Waals surface area contributed by atoms with Crippen molar-refractivity contribution in [1.29, 1.82) is 0 Å². The van der Waals surface area contributed by atoms with E-state index in [2.05, 4.69) is 21.1 Å². The van der Waals surface area contributed by atoms with E-state index < -0.39 is 34.6 Å². The smallest absolute Gasteiger partial charge is 0.273 e. The van der Waals surface area contributed by atoms with E-state index in [1.165, 1.54) is 48.5 Å². The van der Waals surface area contributed by atoms with Crippen LogP contribution in [-0.2, 0) is 28.7 Å². The van der Waals surface area contributed by atoms with Crippen molar-refractivity contribution in [3.05, 3.63) is 78.4 Å². The van der Waals surface area contributed by atoms with Crippen molar-refractivity contribution in [2.45, 2.75) is 14.7 Å². The Hall–Kier alpha value is -4.05. The molecule has 0 saturated carbocycles. The van der Waals surface area contributed by atoms with Crippen molar-refractivity contribution in [3.8, 4) is 5.75 Å². The first-order valence-electron chi connectivity index (χ1n) is 11.4. The van der Waals surface area contributed by atoms with Crippen LogP contribution >= 0.6 is 10.7 Å². The number of phenolic OH excluding ortho intramolecular Hbond substituents is 1. The second kappa shape index (κ2) is 11.1. The maximum Gasteiger partial charge on any atom is 0.273 e. The monoisotopic (exact) mass is 636 g/mol. The van der Waals surface area contributed by atoms with E-state index in [4.69, 9.17) is 10.7 Å². The Morgan fingerprint density at radius 2 is 1.41 bits per heavy atom. The summed E-state index contributed by atoms with van der Waals surface area (Å²) in [5, 5.41) is 19.6. The Morgan fingerprint density at radius 1 is 0.756 bits per heavy atom. The van der Waals surface area contributed by atoms with E-state index in [-0.39, 0.29) is 48.4 Å². The topological polar surface area (TPSA) is 188 Å². The van der Waals surface area contributed by atoms with Crippen molar-refractivity contribution in [3.63, 3.8) is 0 Å². The molecule has 4 rings (SSSR count). The third-order valence-corrected chi connectivity index (χ3v) is 9.29. The molecular formula is C25H21ClN4O8S3. The molecule has 0 aliphatic heterocycles. The summed E-state index contributed by atoms with van der Waals surface area (Å²) in [5.41, 5.74) is 4.80. The van der Waals surface area contributed by atoms with Crippen molar-refractivity contribution in [2.75, 3.05) is 17.9 Å². The highest BCUT2D eigenvalue weighted by Gasteiger charge is 2.20. The van der Waals surface area contributed by atoms with Crippen LogP contribution in [0.4, 0.5) is 17.1 Å². The molecule has 12 nitrogen and oxygen atoms in total. The molecule has 0 bridgehead atoms. The van der Waals surface area contributed by atoms with Gasteiger partial charge >= 0.3 is 0 Å². The molecule has 0 heterocycles. The first kappa shape index (κ1) is 29.9. The third kappa shape index (κ3) is 6.82. The van der Waals surface area contributed by atoms with E-state index in [1.807, 2.05) is 0 Å². The number of anilines is 1. The predicted molar refractivity (Wildman–Crippen MR) is 153 cm³/mol. The zero-order valence-electron chi connectivity index (χ0n) is 21.2. The first-order valence-corrected chi connectivity index (χ1v) is 17.5. The summed E-state index contributed by atoms with van der Waals surface area (Å²) < 4.78 is 71.8. The molecule has 0 unspecified atom stereocenters. The summed E-state index contributed by atoms with van der Waals surface area (Å²) >= 11 is 0. The number of fused-ring (bicyclic) bond motifs is 1. The number of nitrogens with one attached hydrogen (secondary N) is 2. The second-order valence-electron chi connectivity index (χ2n) is 8.76. The number of phenols is 1. The number of azo groups is 1. The van der Waals surface area contributed by atoms with Gasteiger partial charge in [0.05, 0.1) is 31.6 Å². The van der Waals surface area contributed by atoms with E-state index in [0.29, 0.717) is 5.39 Å². The summed E-state index contributed by atoms with van der Waals surface area (Å²) in [4.78, 5) is 12.2. The average Bonchev–Trinajstić information content (AvgIpc) is 2.90. The number of hydrogen-bond acceptors (Lipinski definition) is 11. The molecule has 0 aliphatic rings. The largest absolute Gasteiger partial charge is 0.506 e. The van der Waals surface area contributed by atoms with Gasteiger partial charge in [0.2, 0.25) is 0 Å². The number of carbonyl (C=O) groups excluding carboxylic acids is 1. The number of hydrazine groups is 1. The Labute approximate surface area is 239 Å². The Morgan fingerprint density at radius 3 is 2.05 bits per heavy atom. The first-order chi connectivity index (χ1) is 19.1. The Kier molecular flexibility index (Phi) is 8.09. The molecule has 0 aliphatic carbocycles. The van der Waals surface area contributed by atoms with Crippen LogP contribution in [0.3, 0.4) is 0 Å². The van der Waals surface area contributed by atoms with Crippen molar-refractivity contribution in [2.24, 2.45) is 10.2 Å². The molecule has 0 radical (unpaired) electrons. The number of halogens is 1. The lowest BCUT2D eigenvalue weighted by molar-refractivity contribution is 0.0960. The van der Waals surface area contributed by atoms with Crippen LogP contribution in [0.5, 0.6) is 5.75 Å². The lowest BCUT2D eigenvalue weighted by atomic mass is 10.0. The van der Waals surface area contributed by atoms with Gasteiger partial charge in [-0.2, -0.15) is 0 Å². The molecule has 0 fully saturated rings. The van der Waals surface area contributed by atoms with Gasteiger partial charge in [-0.1, -0.05) is 30.3 Å². The molecule has 4 aromatic carbocycles. The van der Waals surface area contributed by atoms with Crippen molar-refractivity contribution in [1.82, 2.24) is 5.43 Å². The lowest BCUT2D eigenvalue weighted by Crippen LogP contribution is -2.29. The highest BCUT2D eigenvalue weighted by atomic mass is 35.7.